The highest BCUT2D eigenvalue weighted by Crippen LogP contribution is 2.23. The third-order valence-electron chi connectivity index (χ3n) is 2.23. The summed E-state index contributed by atoms with van der Waals surface area (Å²) in [5.41, 5.74) is 1.71. The number of hydrogen-bond donors (Lipinski definition) is 0. The van der Waals surface area contributed by atoms with Crippen LogP contribution in [0.1, 0.15) is 13.3 Å². The number of carbonyl (C=O) groups is 1. The SMILES string of the molecule is CSc1ccc(N2N=C(C)CC2=O)cc1. The summed E-state index contributed by atoms with van der Waals surface area (Å²) in [6.07, 6.45) is 2.46. The first-order chi connectivity index (χ1) is 7.20. The van der Waals surface area contributed by atoms with E-state index in [4.69, 9.17) is 0 Å². The highest BCUT2D eigenvalue weighted by molar-refractivity contribution is 7.98. The maximum atomic E-state index is 11.5. The second-order valence-electron chi connectivity index (χ2n) is 3.42. The van der Waals surface area contributed by atoms with E-state index in [1.165, 1.54) is 9.90 Å². The van der Waals surface area contributed by atoms with Crippen molar-refractivity contribution in [3.8, 4) is 0 Å². The van der Waals surface area contributed by atoms with E-state index in [0.717, 1.165) is 11.4 Å². The molecular weight excluding hydrogens is 208 g/mol. The number of carbonyl (C=O) groups excluding carboxylic acids is 1. The lowest BCUT2D eigenvalue weighted by molar-refractivity contribution is -0.116. The molecule has 1 heterocycles. The van der Waals surface area contributed by atoms with E-state index >= 15 is 0 Å². The Hall–Kier alpha value is -1.29. The van der Waals surface area contributed by atoms with Crippen molar-refractivity contribution in [3.05, 3.63) is 24.3 Å². The monoisotopic (exact) mass is 220 g/mol. The van der Waals surface area contributed by atoms with Gasteiger partial charge in [0.05, 0.1) is 12.1 Å². The van der Waals surface area contributed by atoms with Gasteiger partial charge in [-0.2, -0.15) is 5.10 Å². The van der Waals surface area contributed by atoms with E-state index < -0.39 is 0 Å². The highest BCUT2D eigenvalue weighted by Gasteiger charge is 2.22. The van der Waals surface area contributed by atoms with Gasteiger partial charge in [0.15, 0.2) is 0 Å². The third-order valence-corrected chi connectivity index (χ3v) is 2.97. The summed E-state index contributed by atoms with van der Waals surface area (Å²) in [6, 6.07) is 7.84. The van der Waals surface area contributed by atoms with Crippen LogP contribution in [0.25, 0.3) is 0 Å². The van der Waals surface area contributed by atoms with Gasteiger partial charge in [0.1, 0.15) is 0 Å². The van der Waals surface area contributed by atoms with Crippen LogP contribution in [-0.4, -0.2) is 17.9 Å². The van der Waals surface area contributed by atoms with Crippen LogP contribution >= 0.6 is 11.8 Å². The van der Waals surface area contributed by atoms with Crippen molar-refractivity contribution in [2.75, 3.05) is 11.3 Å². The van der Waals surface area contributed by atoms with Gasteiger partial charge in [0, 0.05) is 10.6 Å². The number of anilines is 1. The van der Waals surface area contributed by atoms with Gasteiger partial charge in [-0.05, 0) is 37.4 Å². The van der Waals surface area contributed by atoms with E-state index in [2.05, 4.69) is 5.10 Å². The van der Waals surface area contributed by atoms with E-state index in [9.17, 15) is 4.79 Å². The topological polar surface area (TPSA) is 32.7 Å². The Morgan fingerprint density at radius 3 is 2.47 bits per heavy atom. The number of benzene rings is 1. The molecule has 0 saturated heterocycles. The zero-order valence-corrected chi connectivity index (χ0v) is 9.54. The summed E-state index contributed by atoms with van der Waals surface area (Å²) < 4.78 is 0. The van der Waals surface area contributed by atoms with Gasteiger partial charge < -0.3 is 0 Å². The number of thioether (sulfide) groups is 1. The summed E-state index contributed by atoms with van der Waals surface area (Å²) in [5, 5.41) is 5.66. The highest BCUT2D eigenvalue weighted by atomic mass is 32.2. The van der Waals surface area contributed by atoms with Gasteiger partial charge in [-0.1, -0.05) is 0 Å². The second-order valence-corrected chi connectivity index (χ2v) is 4.30. The van der Waals surface area contributed by atoms with Crippen LogP contribution in [0.2, 0.25) is 0 Å². The maximum absolute atomic E-state index is 11.5. The Balaban J connectivity index is 2.26. The van der Waals surface area contributed by atoms with Crippen LogP contribution in [0.15, 0.2) is 34.3 Å². The predicted octanol–water partition coefficient (Wildman–Crippen LogP) is 2.52. The molecule has 0 radical (unpaired) electrons. The van der Waals surface area contributed by atoms with E-state index in [1.54, 1.807) is 11.8 Å². The van der Waals surface area contributed by atoms with Gasteiger partial charge in [0.2, 0.25) is 0 Å². The molecule has 1 aromatic rings. The molecule has 0 unspecified atom stereocenters. The molecule has 0 aliphatic carbocycles. The molecule has 1 aromatic carbocycles. The van der Waals surface area contributed by atoms with Crippen LogP contribution in [0, 0.1) is 0 Å². The van der Waals surface area contributed by atoms with Crippen LogP contribution in [0.5, 0.6) is 0 Å². The summed E-state index contributed by atoms with van der Waals surface area (Å²) in [6.45, 7) is 1.87. The Morgan fingerprint density at radius 2 is 2.00 bits per heavy atom. The molecule has 1 amide bonds. The molecule has 0 spiro atoms. The number of rotatable bonds is 2. The normalized spacial score (nSPS) is 15.7. The number of hydrazone groups is 1. The van der Waals surface area contributed by atoms with Crippen molar-refractivity contribution in [2.24, 2.45) is 5.10 Å². The molecule has 0 atom stereocenters. The Bertz CT molecular complexity index is 411. The lowest BCUT2D eigenvalue weighted by atomic mass is 10.3. The molecule has 0 aromatic heterocycles. The van der Waals surface area contributed by atoms with Gasteiger partial charge in [-0.3, -0.25) is 4.79 Å². The second kappa shape index (κ2) is 4.06. The molecule has 78 valence electrons. The molecule has 15 heavy (non-hydrogen) atoms. The minimum atomic E-state index is 0.0457. The van der Waals surface area contributed by atoms with E-state index in [-0.39, 0.29) is 5.91 Å². The number of nitrogens with zero attached hydrogens (tertiary/aromatic N) is 2. The van der Waals surface area contributed by atoms with Crippen LogP contribution < -0.4 is 5.01 Å². The molecular formula is C11H12N2OS. The summed E-state index contributed by atoms with van der Waals surface area (Å²) in [5.74, 6) is 0.0457. The molecule has 0 saturated carbocycles. The van der Waals surface area contributed by atoms with E-state index in [0.29, 0.717) is 6.42 Å². The molecule has 4 heteroatoms. The Morgan fingerprint density at radius 1 is 1.33 bits per heavy atom. The van der Waals surface area contributed by atoms with Crippen molar-refractivity contribution in [3.63, 3.8) is 0 Å². The first-order valence-corrected chi connectivity index (χ1v) is 5.94. The number of hydrogen-bond acceptors (Lipinski definition) is 3. The zero-order chi connectivity index (χ0) is 10.8. The van der Waals surface area contributed by atoms with Gasteiger partial charge in [-0.15, -0.1) is 11.8 Å². The average molecular weight is 220 g/mol. The van der Waals surface area contributed by atoms with Crippen molar-refractivity contribution in [1.82, 2.24) is 0 Å². The first kappa shape index (κ1) is 10.2. The molecule has 0 fully saturated rings. The molecule has 3 nitrogen and oxygen atoms in total. The van der Waals surface area contributed by atoms with Gasteiger partial charge >= 0.3 is 0 Å². The summed E-state index contributed by atoms with van der Waals surface area (Å²) >= 11 is 1.68. The lowest BCUT2D eigenvalue weighted by Gasteiger charge is -2.11. The maximum Gasteiger partial charge on any atom is 0.253 e. The standard InChI is InChI=1S/C11H12N2OS/c1-8-7-11(14)13(12-8)9-3-5-10(15-2)6-4-9/h3-6H,7H2,1-2H3. The summed E-state index contributed by atoms with van der Waals surface area (Å²) in [7, 11) is 0. The third kappa shape index (κ3) is 2.04. The zero-order valence-electron chi connectivity index (χ0n) is 8.73. The predicted molar refractivity (Wildman–Crippen MR) is 63.4 cm³/mol. The van der Waals surface area contributed by atoms with Gasteiger partial charge in [0.25, 0.3) is 5.91 Å². The average Bonchev–Trinajstić information content (AvgIpc) is 2.58. The van der Waals surface area contributed by atoms with Crippen LogP contribution in [-0.2, 0) is 4.79 Å². The van der Waals surface area contributed by atoms with Crippen molar-refractivity contribution in [2.45, 2.75) is 18.2 Å². The minimum absolute atomic E-state index is 0.0457. The molecule has 1 aliphatic heterocycles. The fourth-order valence-corrected chi connectivity index (χ4v) is 1.89. The van der Waals surface area contributed by atoms with E-state index in [1.807, 2.05) is 37.4 Å². The van der Waals surface area contributed by atoms with Crippen molar-refractivity contribution < 1.29 is 4.79 Å². The van der Waals surface area contributed by atoms with Gasteiger partial charge in [-0.25, -0.2) is 5.01 Å². The fraction of sp³-hybridized carbons (Fsp3) is 0.273. The lowest BCUT2D eigenvalue weighted by Crippen LogP contribution is -2.19. The first-order valence-electron chi connectivity index (χ1n) is 4.72. The largest absolute Gasteiger partial charge is 0.272 e. The van der Waals surface area contributed by atoms with Crippen molar-refractivity contribution >= 4 is 29.1 Å². The smallest absolute Gasteiger partial charge is 0.253 e. The summed E-state index contributed by atoms with van der Waals surface area (Å²) in [4.78, 5) is 12.7. The Kier molecular flexibility index (Phi) is 2.77. The molecule has 0 N–H and O–H groups in total. The molecule has 1 aliphatic rings. The van der Waals surface area contributed by atoms with Crippen molar-refractivity contribution in [1.29, 1.82) is 0 Å². The quantitative estimate of drug-likeness (QED) is 0.717. The molecule has 0 bridgehead atoms. The minimum Gasteiger partial charge on any atom is -0.272 e. The molecule has 2 rings (SSSR count). The van der Waals surface area contributed by atoms with Crippen LogP contribution in [0.3, 0.4) is 0 Å². The fourth-order valence-electron chi connectivity index (χ4n) is 1.48. The Labute approximate surface area is 93.2 Å². The van der Waals surface area contributed by atoms with Crippen LogP contribution in [0.4, 0.5) is 5.69 Å². The number of amides is 1.